The summed E-state index contributed by atoms with van der Waals surface area (Å²) < 4.78 is 1.41. The zero-order chi connectivity index (χ0) is 20.1. The van der Waals surface area contributed by atoms with Crippen LogP contribution in [0.5, 0.6) is 0 Å². The number of aromatic nitrogens is 1. The minimum atomic E-state index is -0.382. The van der Waals surface area contributed by atoms with Crippen LogP contribution in [0.3, 0.4) is 0 Å². The number of pyridine rings is 1. The lowest BCUT2D eigenvalue weighted by Crippen LogP contribution is -2.23. The van der Waals surface area contributed by atoms with Gasteiger partial charge in [-0.25, -0.2) is 0 Å². The van der Waals surface area contributed by atoms with Crippen molar-refractivity contribution in [2.45, 2.75) is 13.0 Å². The first-order valence-corrected chi connectivity index (χ1v) is 9.00. The Labute approximate surface area is 168 Å². The molecule has 0 spiro atoms. The summed E-state index contributed by atoms with van der Waals surface area (Å²) in [6.07, 6.45) is 3.42. The minimum absolute atomic E-state index is 0.117. The third kappa shape index (κ3) is 5.02. The monoisotopic (exact) mass is 404 g/mol. The summed E-state index contributed by atoms with van der Waals surface area (Å²) in [5.41, 5.74) is 2.92. The molecule has 1 aromatic heterocycles. The third-order valence-electron chi connectivity index (χ3n) is 3.98. The first-order chi connectivity index (χ1) is 12.7. The summed E-state index contributed by atoms with van der Waals surface area (Å²) in [7, 11) is 3.41. The van der Waals surface area contributed by atoms with Crippen LogP contribution in [0.15, 0.2) is 65.2 Å². The Morgan fingerprint density at radius 3 is 2.44 bits per heavy atom. The van der Waals surface area contributed by atoms with Crippen LogP contribution in [0.2, 0.25) is 10.0 Å². The van der Waals surface area contributed by atoms with Gasteiger partial charge in [-0.1, -0.05) is 41.9 Å². The molecule has 0 aliphatic heterocycles. The molecule has 1 aromatic carbocycles. The van der Waals surface area contributed by atoms with Crippen LogP contribution in [-0.2, 0) is 7.05 Å². The van der Waals surface area contributed by atoms with Crippen LogP contribution in [0.1, 0.15) is 18.5 Å². The molecule has 0 bridgehead atoms. The second-order valence-corrected chi connectivity index (χ2v) is 7.01. The Morgan fingerprint density at radius 1 is 1.30 bits per heavy atom. The molecule has 27 heavy (non-hydrogen) atoms. The number of aryl methyl sites for hydroxylation is 1. The molecule has 2 rings (SSSR count). The van der Waals surface area contributed by atoms with E-state index in [2.05, 4.69) is 17.2 Å². The summed E-state index contributed by atoms with van der Waals surface area (Å²) in [5.74, 6) is 0. The second-order valence-electron chi connectivity index (χ2n) is 6.17. The van der Waals surface area contributed by atoms with Gasteiger partial charge in [0, 0.05) is 37.1 Å². The molecule has 2 aromatic rings. The van der Waals surface area contributed by atoms with Gasteiger partial charge in [0.15, 0.2) is 0 Å². The molecule has 0 aliphatic carbocycles. The Kier molecular flexibility index (Phi) is 6.88. The Morgan fingerprint density at radius 2 is 1.93 bits per heavy atom. The van der Waals surface area contributed by atoms with Crippen molar-refractivity contribution in [2.75, 3.05) is 12.4 Å². The van der Waals surface area contributed by atoms with E-state index in [9.17, 15) is 4.79 Å². The fourth-order valence-electron chi connectivity index (χ4n) is 2.61. The third-order valence-corrected chi connectivity index (χ3v) is 4.50. The van der Waals surface area contributed by atoms with Crippen molar-refractivity contribution in [3.05, 3.63) is 86.4 Å². The fourth-order valence-corrected chi connectivity index (χ4v) is 2.99. The first-order valence-electron chi connectivity index (χ1n) is 8.25. The topological polar surface area (TPSA) is 69.9 Å². The molecule has 7 heteroatoms. The van der Waals surface area contributed by atoms with E-state index in [1.165, 1.54) is 4.57 Å². The summed E-state index contributed by atoms with van der Waals surface area (Å²) in [4.78, 5) is 11.9. The van der Waals surface area contributed by atoms with Crippen LogP contribution >= 0.6 is 23.2 Å². The van der Waals surface area contributed by atoms with Crippen LogP contribution in [-0.4, -0.2) is 17.3 Å². The van der Waals surface area contributed by atoms with Gasteiger partial charge in [-0.3, -0.25) is 4.79 Å². The molecule has 0 fully saturated rings. The number of allylic oxidation sites excluding steroid dienone is 1. The van der Waals surface area contributed by atoms with Gasteiger partial charge in [0.1, 0.15) is 5.02 Å². The highest BCUT2D eigenvalue weighted by Gasteiger charge is 2.21. The van der Waals surface area contributed by atoms with Crippen LogP contribution in [0, 0.1) is 5.41 Å². The molecule has 0 aliphatic rings. The maximum atomic E-state index is 11.9. The largest absolute Gasteiger partial charge is 0.394 e. The molecule has 0 amide bonds. The number of nitrogens with one attached hydrogen (secondary N) is 3. The molecular formula is C20H22Cl2N4O. The van der Waals surface area contributed by atoms with Gasteiger partial charge in [-0.15, -0.1) is 0 Å². The van der Waals surface area contributed by atoms with E-state index in [1.807, 2.05) is 12.1 Å². The average Bonchev–Trinajstić information content (AvgIpc) is 2.62. The standard InChI is InChI=1S/C20H22Cl2N4O/c1-12(2)18(23)16(10-24-3)19(13-5-7-14(21)8-6-13)25-15-9-17(22)20(27)26(4)11-15/h5-11,19,23-25H,1H2,2-4H3/b16-10+,23-18?. The number of anilines is 1. The normalized spacial score (nSPS) is 12.4. The van der Waals surface area contributed by atoms with Gasteiger partial charge < -0.3 is 20.6 Å². The summed E-state index contributed by atoms with van der Waals surface area (Å²) in [5, 5.41) is 15.6. The van der Waals surface area contributed by atoms with Gasteiger partial charge in [-0.2, -0.15) is 0 Å². The Hall–Kier alpha value is -2.50. The number of rotatable bonds is 7. The second kappa shape index (κ2) is 8.93. The lowest BCUT2D eigenvalue weighted by atomic mass is 9.92. The molecular weight excluding hydrogens is 383 g/mol. The van der Waals surface area contributed by atoms with Gasteiger partial charge in [0.2, 0.25) is 0 Å². The van der Waals surface area contributed by atoms with Crippen LogP contribution in [0.4, 0.5) is 5.69 Å². The Balaban J connectivity index is 2.57. The lowest BCUT2D eigenvalue weighted by molar-refractivity contribution is 0.850. The number of benzene rings is 1. The quantitative estimate of drug-likeness (QED) is 0.593. The molecule has 0 saturated heterocycles. The van der Waals surface area contributed by atoms with Crippen LogP contribution < -0.4 is 16.2 Å². The van der Waals surface area contributed by atoms with Gasteiger partial charge in [-0.05, 0) is 36.3 Å². The predicted octanol–water partition coefficient (Wildman–Crippen LogP) is 4.54. The van der Waals surface area contributed by atoms with E-state index >= 15 is 0 Å². The molecule has 1 unspecified atom stereocenters. The van der Waals surface area contributed by atoms with E-state index in [4.69, 9.17) is 28.6 Å². The zero-order valence-electron chi connectivity index (χ0n) is 15.4. The number of hydrogen-bond donors (Lipinski definition) is 3. The molecule has 0 radical (unpaired) electrons. The van der Waals surface area contributed by atoms with Crippen molar-refractivity contribution >= 4 is 34.6 Å². The van der Waals surface area contributed by atoms with Crippen molar-refractivity contribution in [1.29, 1.82) is 5.41 Å². The summed E-state index contributed by atoms with van der Waals surface area (Å²) >= 11 is 12.1. The molecule has 5 nitrogen and oxygen atoms in total. The first kappa shape index (κ1) is 20.8. The van der Waals surface area contributed by atoms with E-state index in [1.54, 1.807) is 51.6 Å². The smallest absolute Gasteiger partial charge is 0.269 e. The maximum Gasteiger partial charge on any atom is 0.269 e. The van der Waals surface area contributed by atoms with Crippen molar-refractivity contribution in [1.82, 2.24) is 9.88 Å². The van der Waals surface area contributed by atoms with E-state index in [0.717, 1.165) is 5.56 Å². The van der Waals surface area contributed by atoms with Gasteiger partial charge in [0.25, 0.3) is 5.56 Å². The van der Waals surface area contributed by atoms with Crippen molar-refractivity contribution in [3.63, 3.8) is 0 Å². The van der Waals surface area contributed by atoms with E-state index < -0.39 is 0 Å². The van der Waals surface area contributed by atoms with Gasteiger partial charge >= 0.3 is 0 Å². The van der Waals surface area contributed by atoms with Crippen molar-refractivity contribution < 1.29 is 0 Å². The predicted molar refractivity (Wildman–Crippen MR) is 114 cm³/mol. The number of halogens is 2. The molecule has 1 atom stereocenters. The number of hydrogen-bond acceptors (Lipinski definition) is 4. The lowest BCUT2D eigenvalue weighted by Gasteiger charge is -2.25. The summed E-state index contributed by atoms with van der Waals surface area (Å²) in [6.45, 7) is 5.67. The van der Waals surface area contributed by atoms with E-state index in [-0.39, 0.29) is 16.6 Å². The van der Waals surface area contributed by atoms with Gasteiger partial charge in [0.05, 0.1) is 17.4 Å². The average molecular weight is 405 g/mol. The molecule has 1 heterocycles. The highest BCUT2D eigenvalue weighted by Crippen LogP contribution is 2.29. The number of nitrogens with zero attached hydrogens (tertiary/aromatic N) is 1. The SMILES string of the molecule is C=C(C)C(=N)/C(=C\NC)C(Nc1cc(Cl)c(=O)n(C)c1)c1ccc(Cl)cc1. The van der Waals surface area contributed by atoms with E-state index in [0.29, 0.717) is 27.6 Å². The molecule has 0 saturated carbocycles. The fraction of sp³-hybridized carbons (Fsp3) is 0.200. The Bertz CT molecular complexity index is 919. The summed E-state index contributed by atoms with van der Waals surface area (Å²) in [6, 6.07) is 8.56. The molecule has 3 N–H and O–H groups in total. The highest BCUT2D eigenvalue weighted by atomic mass is 35.5. The zero-order valence-corrected chi connectivity index (χ0v) is 16.9. The van der Waals surface area contributed by atoms with Crippen molar-refractivity contribution in [3.8, 4) is 0 Å². The van der Waals surface area contributed by atoms with Crippen LogP contribution in [0.25, 0.3) is 0 Å². The maximum absolute atomic E-state index is 11.9. The minimum Gasteiger partial charge on any atom is -0.394 e. The highest BCUT2D eigenvalue weighted by molar-refractivity contribution is 6.30. The molecule has 142 valence electrons. The van der Waals surface area contributed by atoms with Crippen molar-refractivity contribution in [2.24, 2.45) is 7.05 Å².